The summed E-state index contributed by atoms with van der Waals surface area (Å²) < 4.78 is 11.5. The lowest BCUT2D eigenvalue weighted by Gasteiger charge is -2.37. The topological polar surface area (TPSA) is 18.5 Å². The van der Waals surface area contributed by atoms with Crippen LogP contribution in [0.25, 0.3) is 0 Å². The predicted octanol–water partition coefficient (Wildman–Crippen LogP) is 3.99. The van der Waals surface area contributed by atoms with Gasteiger partial charge in [-0.25, -0.2) is 0 Å². The fourth-order valence-corrected chi connectivity index (χ4v) is 2.15. The smallest absolute Gasteiger partial charge is 0.192 e. The molecule has 16 heavy (non-hydrogen) atoms. The van der Waals surface area contributed by atoms with Gasteiger partial charge in [0, 0.05) is 7.11 Å². The summed E-state index contributed by atoms with van der Waals surface area (Å²) in [6.45, 7) is 17.9. The van der Waals surface area contributed by atoms with Crippen molar-refractivity contribution in [3.05, 3.63) is 12.2 Å². The first-order valence-electron chi connectivity index (χ1n) is 5.91. The maximum atomic E-state index is 6.12. The minimum atomic E-state index is -1.64. The number of methoxy groups -OCH3 is 1. The van der Waals surface area contributed by atoms with Crippen molar-refractivity contribution in [2.75, 3.05) is 13.7 Å². The highest BCUT2D eigenvalue weighted by Crippen LogP contribution is 2.36. The molecule has 0 aliphatic carbocycles. The van der Waals surface area contributed by atoms with Crippen molar-refractivity contribution in [2.45, 2.75) is 58.4 Å². The average Bonchev–Trinajstić information content (AvgIpc) is 2.09. The Kier molecular flexibility index (Phi) is 5.94. The maximum Gasteiger partial charge on any atom is 0.192 e. The summed E-state index contributed by atoms with van der Waals surface area (Å²) >= 11 is 0. The molecule has 0 saturated heterocycles. The van der Waals surface area contributed by atoms with Gasteiger partial charge >= 0.3 is 0 Å². The molecule has 1 atom stereocenters. The summed E-state index contributed by atoms with van der Waals surface area (Å²) in [5.74, 6) is 0. The first-order chi connectivity index (χ1) is 7.10. The van der Waals surface area contributed by atoms with Gasteiger partial charge in [0.15, 0.2) is 8.32 Å². The van der Waals surface area contributed by atoms with Gasteiger partial charge in [-0.2, -0.15) is 0 Å². The zero-order valence-electron chi connectivity index (χ0n) is 12.0. The SMILES string of the molecule is C=C(C)C[C@@H](CO[Si](C)(C)C(C)(C)C)OC. The van der Waals surface area contributed by atoms with Gasteiger partial charge in [0.05, 0.1) is 12.7 Å². The molecular formula is C13H28O2Si. The average molecular weight is 244 g/mol. The minimum absolute atomic E-state index is 0.145. The maximum absolute atomic E-state index is 6.12. The Labute approximate surface area is 102 Å². The second-order valence-electron chi connectivity index (χ2n) is 6.09. The zero-order chi connectivity index (χ0) is 13.0. The van der Waals surface area contributed by atoms with E-state index in [-0.39, 0.29) is 11.1 Å². The summed E-state index contributed by atoms with van der Waals surface area (Å²) in [5, 5.41) is 0.258. The Balaban J connectivity index is 4.26. The molecule has 0 aliphatic heterocycles. The summed E-state index contributed by atoms with van der Waals surface area (Å²) in [7, 11) is 0.0941. The second-order valence-corrected chi connectivity index (χ2v) is 10.9. The lowest BCUT2D eigenvalue weighted by molar-refractivity contribution is 0.0536. The molecule has 2 nitrogen and oxygen atoms in total. The van der Waals surface area contributed by atoms with Crippen LogP contribution in [0.3, 0.4) is 0 Å². The monoisotopic (exact) mass is 244 g/mol. The van der Waals surface area contributed by atoms with E-state index < -0.39 is 8.32 Å². The lowest BCUT2D eigenvalue weighted by Crippen LogP contribution is -2.42. The molecular weight excluding hydrogens is 216 g/mol. The molecule has 0 aromatic carbocycles. The van der Waals surface area contributed by atoms with Crippen molar-refractivity contribution in [1.82, 2.24) is 0 Å². The van der Waals surface area contributed by atoms with Gasteiger partial charge in [-0.05, 0) is 31.5 Å². The molecule has 0 bridgehead atoms. The van der Waals surface area contributed by atoms with Gasteiger partial charge in [0.1, 0.15) is 0 Å². The molecule has 0 aliphatic rings. The number of ether oxygens (including phenoxy) is 1. The Morgan fingerprint density at radius 2 is 1.81 bits per heavy atom. The standard InChI is InChI=1S/C13H28O2Si/c1-11(2)9-12(14-6)10-15-16(7,8)13(3,4)5/h12H,1,9-10H2,2-8H3/t12-/m0/s1. The van der Waals surface area contributed by atoms with Crippen LogP contribution in [-0.4, -0.2) is 28.1 Å². The molecule has 0 unspecified atom stereocenters. The van der Waals surface area contributed by atoms with Gasteiger partial charge in [-0.15, -0.1) is 6.58 Å². The predicted molar refractivity (Wildman–Crippen MR) is 73.4 cm³/mol. The van der Waals surface area contributed by atoms with Gasteiger partial charge in [-0.1, -0.05) is 26.3 Å². The first kappa shape index (κ1) is 15.9. The van der Waals surface area contributed by atoms with Crippen molar-refractivity contribution in [1.29, 1.82) is 0 Å². The van der Waals surface area contributed by atoms with E-state index in [1.807, 2.05) is 6.92 Å². The van der Waals surface area contributed by atoms with Crippen LogP contribution in [-0.2, 0) is 9.16 Å². The summed E-state index contributed by atoms with van der Waals surface area (Å²) in [6, 6.07) is 0. The van der Waals surface area contributed by atoms with E-state index in [0.717, 1.165) is 12.0 Å². The third kappa shape index (κ3) is 5.28. The molecule has 0 N–H and O–H groups in total. The molecule has 0 rings (SSSR count). The number of hydrogen-bond donors (Lipinski definition) is 0. The second kappa shape index (κ2) is 5.99. The Bertz CT molecular complexity index is 229. The van der Waals surface area contributed by atoms with Crippen LogP contribution >= 0.6 is 0 Å². The van der Waals surface area contributed by atoms with Crippen LogP contribution in [0.5, 0.6) is 0 Å². The van der Waals surface area contributed by atoms with Crippen LogP contribution in [0.15, 0.2) is 12.2 Å². The highest BCUT2D eigenvalue weighted by atomic mass is 28.4. The van der Waals surface area contributed by atoms with E-state index in [4.69, 9.17) is 9.16 Å². The molecule has 0 amide bonds. The van der Waals surface area contributed by atoms with Crippen LogP contribution in [0, 0.1) is 0 Å². The van der Waals surface area contributed by atoms with Gasteiger partial charge in [0.2, 0.25) is 0 Å². The molecule has 0 aromatic rings. The van der Waals surface area contributed by atoms with Crippen LogP contribution in [0.1, 0.15) is 34.1 Å². The lowest BCUT2D eigenvalue weighted by atomic mass is 10.1. The first-order valence-corrected chi connectivity index (χ1v) is 8.82. The zero-order valence-corrected chi connectivity index (χ0v) is 13.0. The van der Waals surface area contributed by atoms with Crippen molar-refractivity contribution in [3.8, 4) is 0 Å². The molecule has 0 saturated carbocycles. The van der Waals surface area contributed by atoms with Crippen molar-refractivity contribution < 1.29 is 9.16 Å². The van der Waals surface area contributed by atoms with E-state index in [2.05, 4.69) is 40.4 Å². The quantitative estimate of drug-likeness (QED) is 0.519. The summed E-state index contributed by atoms with van der Waals surface area (Å²) in [6.07, 6.45) is 1.03. The van der Waals surface area contributed by atoms with Gasteiger partial charge in [0.25, 0.3) is 0 Å². The van der Waals surface area contributed by atoms with Crippen LogP contribution in [0.2, 0.25) is 18.1 Å². The molecule has 96 valence electrons. The number of hydrogen-bond acceptors (Lipinski definition) is 2. The molecule has 0 aromatic heterocycles. The van der Waals surface area contributed by atoms with Crippen molar-refractivity contribution in [2.24, 2.45) is 0 Å². The normalized spacial score (nSPS) is 14.9. The number of rotatable bonds is 6. The summed E-state index contributed by atoms with van der Waals surface area (Å²) in [4.78, 5) is 0. The van der Waals surface area contributed by atoms with E-state index >= 15 is 0 Å². The Morgan fingerprint density at radius 3 is 2.12 bits per heavy atom. The van der Waals surface area contributed by atoms with E-state index in [9.17, 15) is 0 Å². The molecule has 0 spiro atoms. The Morgan fingerprint density at radius 1 is 1.31 bits per heavy atom. The third-order valence-corrected chi connectivity index (χ3v) is 7.85. The molecule has 0 heterocycles. The molecule has 0 fully saturated rings. The van der Waals surface area contributed by atoms with Crippen molar-refractivity contribution >= 4 is 8.32 Å². The van der Waals surface area contributed by atoms with Crippen LogP contribution < -0.4 is 0 Å². The summed E-state index contributed by atoms with van der Waals surface area (Å²) in [5.41, 5.74) is 1.14. The van der Waals surface area contributed by atoms with Crippen molar-refractivity contribution in [3.63, 3.8) is 0 Å². The molecule has 0 radical (unpaired) electrons. The van der Waals surface area contributed by atoms with Gasteiger partial charge in [-0.3, -0.25) is 0 Å². The highest BCUT2D eigenvalue weighted by Gasteiger charge is 2.37. The fraction of sp³-hybridized carbons (Fsp3) is 0.846. The van der Waals surface area contributed by atoms with Crippen LogP contribution in [0.4, 0.5) is 0 Å². The fourth-order valence-electron chi connectivity index (χ4n) is 1.12. The van der Waals surface area contributed by atoms with Gasteiger partial charge < -0.3 is 9.16 Å². The minimum Gasteiger partial charge on any atom is -0.414 e. The van der Waals surface area contributed by atoms with E-state index in [1.165, 1.54) is 0 Å². The van der Waals surface area contributed by atoms with E-state index in [1.54, 1.807) is 7.11 Å². The third-order valence-electron chi connectivity index (χ3n) is 3.35. The highest BCUT2D eigenvalue weighted by molar-refractivity contribution is 6.74. The molecule has 3 heteroatoms. The van der Waals surface area contributed by atoms with E-state index in [0.29, 0.717) is 6.61 Å². The largest absolute Gasteiger partial charge is 0.414 e. The Hall–Kier alpha value is -0.123.